The third kappa shape index (κ3) is 6.06. The lowest BCUT2D eigenvalue weighted by atomic mass is 10.2. The van der Waals surface area contributed by atoms with Gasteiger partial charge in [-0.15, -0.1) is 11.3 Å². The van der Waals surface area contributed by atoms with E-state index in [1.165, 1.54) is 18.3 Å². The Labute approximate surface area is 188 Å². The van der Waals surface area contributed by atoms with Gasteiger partial charge < -0.3 is 14.3 Å². The fourth-order valence-corrected chi connectivity index (χ4v) is 3.35. The van der Waals surface area contributed by atoms with Gasteiger partial charge in [-0.1, -0.05) is 17.7 Å². The number of nitrogens with one attached hydrogen (secondary N) is 2. The van der Waals surface area contributed by atoms with Crippen molar-refractivity contribution in [3.63, 3.8) is 0 Å². The molecule has 2 N–H and O–H groups in total. The van der Waals surface area contributed by atoms with Gasteiger partial charge in [0.25, 0.3) is 0 Å². The van der Waals surface area contributed by atoms with Gasteiger partial charge in [0.15, 0.2) is 5.13 Å². The SMILES string of the molecule is COc1cccc(OC)c1CN=C(NOC(C)=O)Nc1nc(-c2ccc(Cl)cn2)cs1. The molecular formula is C20H20ClN5O4S. The first-order chi connectivity index (χ1) is 15.0. The minimum Gasteiger partial charge on any atom is -0.496 e. The van der Waals surface area contributed by atoms with Crippen molar-refractivity contribution in [2.45, 2.75) is 13.5 Å². The molecule has 0 radical (unpaired) electrons. The number of thiazole rings is 1. The van der Waals surface area contributed by atoms with Crippen molar-refractivity contribution in [2.75, 3.05) is 19.5 Å². The zero-order valence-corrected chi connectivity index (χ0v) is 18.6. The molecule has 11 heteroatoms. The van der Waals surface area contributed by atoms with Crippen LogP contribution in [0.15, 0.2) is 46.9 Å². The van der Waals surface area contributed by atoms with Crippen molar-refractivity contribution >= 4 is 40.0 Å². The highest BCUT2D eigenvalue weighted by molar-refractivity contribution is 7.14. The molecule has 2 aromatic heterocycles. The lowest BCUT2D eigenvalue weighted by molar-refractivity contribution is -0.145. The quantitative estimate of drug-likeness (QED) is 0.323. The molecule has 162 valence electrons. The van der Waals surface area contributed by atoms with Crippen molar-refractivity contribution in [3.8, 4) is 22.9 Å². The van der Waals surface area contributed by atoms with E-state index in [1.54, 1.807) is 32.5 Å². The molecule has 0 aliphatic heterocycles. The lowest BCUT2D eigenvalue weighted by Gasteiger charge is -2.13. The summed E-state index contributed by atoms with van der Waals surface area (Å²) in [5.41, 5.74) is 4.60. The topological polar surface area (TPSA) is 107 Å². The first-order valence-corrected chi connectivity index (χ1v) is 10.3. The number of carbonyl (C=O) groups is 1. The second kappa shape index (κ2) is 10.6. The standard InChI is InChI=1S/C20H20ClN5O4S/c1-12(27)30-26-19(23-10-14-17(28-2)5-4-6-18(14)29-3)25-20-24-16(11-31-20)15-8-7-13(21)9-22-15/h4-9,11H,10H2,1-3H3,(H2,23,24,25,26). The maximum atomic E-state index is 11.3. The van der Waals surface area contributed by atoms with Crippen LogP contribution >= 0.6 is 22.9 Å². The van der Waals surface area contributed by atoms with Gasteiger partial charge in [-0.05, 0) is 24.3 Å². The molecule has 0 unspecified atom stereocenters. The second-order valence-electron chi connectivity index (χ2n) is 6.03. The van der Waals surface area contributed by atoms with Crippen LogP contribution in [0.1, 0.15) is 12.5 Å². The molecule has 0 spiro atoms. The Hall–Kier alpha value is -3.37. The molecule has 9 nitrogen and oxygen atoms in total. The van der Waals surface area contributed by atoms with Gasteiger partial charge in [0.2, 0.25) is 5.96 Å². The molecule has 1 aromatic carbocycles. The number of hydrogen-bond donors (Lipinski definition) is 2. The van der Waals surface area contributed by atoms with E-state index >= 15 is 0 Å². The number of ether oxygens (including phenoxy) is 2. The van der Waals surface area contributed by atoms with Gasteiger partial charge in [0.05, 0.1) is 37.0 Å². The number of rotatable bonds is 6. The average Bonchev–Trinajstić information content (AvgIpc) is 3.24. The van der Waals surface area contributed by atoms with Gasteiger partial charge in [0, 0.05) is 18.5 Å². The van der Waals surface area contributed by atoms with Crippen LogP contribution in [0.25, 0.3) is 11.4 Å². The van der Waals surface area contributed by atoms with Crippen LogP contribution in [-0.4, -0.2) is 36.1 Å². The molecule has 31 heavy (non-hydrogen) atoms. The minimum atomic E-state index is -0.519. The Bertz CT molecular complexity index is 1050. The average molecular weight is 462 g/mol. The van der Waals surface area contributed by atoms with Crippen molar-refractivity contribution in [1.29, 1.82) is 0 Å². The molecule has 2 heterocycles. The van der Waals surface area contributed by atoms with Gasteiger partial charge in [0.1, 0.15) is 17.2 Å². The summed E-state index contributed by atoms with van der Waals surface area (Å²) in [6.07, 6.45) is 1.55. The predicted molar refractivity (Wildman–Crippen MR) is 120 cm³/mol. The van der Waals surface area contributed by atoms with Gasteiger partial charge in [-0.25, -0.2) is 9.98 Å². The molecule has 0 aliphatic carbocycles. The predicted octanol–water partition coefficient (Wildman–Crippen LogP) is 3.91. The second-order valence-corrected chi connectivity index (χ2v) is 7.32. The Morgan fingerprint density at radius 2 is 1.90 bits per heavy atom. The largest absolute Gasteiger partial charge is 0.496 e. The lowest BCUT2D eigenvalue weighted by Crippen LogP contribution is -2.32. The van der Waals surface area contributed by atoms with Crippen LogP contribution in [-0.2, 0) is 16.2 Å². The summed E-state index contributed by atoms with van der Waals surface area (Å²) >= 11 is 7.23. The first-order valence-electron chi connectivity index (χ1n) is 9.02. The van der Waals surface area contributed by atoms with E-state index < -0.39 is 5.97 Å². The van der Waals surface area contributed by atoms with Gasteiger partial charge >= 0.3 is 5.97 Å². The van der Waals surface area contributed by atoms with E-state index in [1.807, 2.05) is 23.6 Å². The number of methoxy groups -OCH3 is 2. The van der Waals surface area contributed by atoms with E-state index in [9.17, 15) is 4.79 Å². The van der Waals surface area contributed by atoms with E-state index in [0.717, 1.165) is 5.56 Å². The normalized spacial score (nSPS) is 11.0. The highest BCUT2D eigenvalue weighted by atomic mass is 35.5. The van der Waals surface area contributed by atoms with Crippen LogP contribution in [0.3, 0.4) is 0 Å². The molecule has 0 aliphatic rings. The highest BCUT2D eigenvalue weighted by Gasteiger charge is 2.12. The van der Waals surface area contributed by atoms with Crippen molar-refractivity contribution < 1.29 is 19.1 Å². The monoisotopic (exact) mass is 461 g/mol. The number of halogens is 1. The Morgan fingerprint density at radius 1 is 1.16 bits per heavy atom. The maximum Gasteiger partial charge on any atom is 0.329 e. The van der Waals surface area contributed by atoms with Crippen LogP contribution in [0.4, 0.5) is 5.13 Å². The number of carbonyl (C=O) groups excluding carboxylic acids is 1. The molecule has 0 atom stereocenters. The van der Waals surface area contributed by atoms with Crippen LogP contribution < -0.4 is 20.3 Å². The maximum absolute atomic E-state index is 11.3. The van der Waals surface area contributed by atoms with Gasteiger partial charge in [-0.2, -0.15) is 5.48 Å². The number of aliphatic imine (C=N–C) groups is 1. The van der Waals surface area contributed by atoms with Crippen molar-refractivity contribution in [1.82, 2.24) is 15.4 Å². The smallest absolute Gasteiger partial charge is 0.329 e. The summed E-state index contributed by atoms with van der Waals surface area (Å²) in [6.45, 7) is 1.47. The number of nitrogens with zero attached hydrogens (tertiary/aromatic N) is 3. The molecular weight excluding hydrogens is 442 g/mol. The van der Waals surface area contributed by atoms with E-state index in [2.05, 4.69) is 25.8 Å². The van der Waals surface area contributed by atoms with Crippen molar-refractivity contribution in [2.24, 2.45) is 4.99 Å². The Morgan fingerprint density at radius 3 is 2.52 bits per heavy atom. The third-order valence-corrected chi connectivity index (χ3v) is 4.92. The molecule has 0 saturated heterocycles. The highest BCUT2D eigenvalue weighted by Crippen LogP contribution is 2.29. The summed E-state index contributed by atoms with van der Waals surface area (Å²) in [5.74, 6) is 0.920. The minimum absolute atomic E-state index is 0.188. The number of aromatic nitrogens is 2. The summed E-state index contributed by atoms with van der Waals surface area (Å²) in [7, 11) is 3.14. The molecule has 3 aromatic rings. The molecule has 3 rings (SSSR count). The van der Waals surface area contributed by atoms with Crippen LogP contribution in [0, 0.1) is 0 Å². The summed E-state index contributed by atoms with van der Waals surface area (Å²) < 4.78 is 10.8. The van der Waals surface area contributed by atoms with Gasteiger partial charge in [-0.3, -0.25) is 15.1 Å². The zero-order valence-electron chi connectivity index (χ0n) is 17.0. The molecule has 0 amide bonds. The Kier molecular flexibility index (Phi) is 7.63. The van der Waals surface area contributed by atoms with Crippen LogP contribution in [0.2, 0.25) is 5.02 Å². The van der Waals surface area contributed by atoms with Crippen LogP contribution in [0.5, 0.6) is 11.5 Å². The zero-order chi connectivity index (χ0) is 22.2. The third-order valence-electron chi connectivity index (χ3n) is 3.94. The fraction of sp³-hybridized carbons (Fsp3) is 0.200. The molecule has 0 fully saturated rings. The number of guanidine groups is 1. The Balaban J connectivity index is 1.82. The van der Waals surface area contributed by atoms with E-state index in [0.29, 0.717) is 33.0 Å². The summed E-state index contributed by atoms with van der Waals surface area (Å²) in [4.78, 5) is 29.3. The molecule has 0 saturated carbocycles. The van der Waals surface area contributed by atoms with E-state index in [4.69, 9.17) is 25.9 Å². The van der Waals surface area contributed by atoms with E-state index in [-0.39, 0.29) is 12.5 Å². The van der Waals surface area contributed by atoms with Crippen molar-refractivity contribution in [3.05, 3.63) is 52.5 Å². The number of anilines is 1. The fourth-order valence-electron chi connectivity index (χ4n) is 2.54. The molecule has 0 bridgehead atoms. The number of benzene rings is 1. The number of pyridine rings is 1. The number of hydrogen-bond acceptors (Lipinski definition) is 8. The summed E-state index contributed by atoms with van der Waals surface area (Å²) in [6, 6.07) is 8.97. The first kappa shape index (κ1) is 22.3. The number of hydroxylamine groups is 1. The summed E-state index contributed by atoms with van der Waals surface area (Å²) in [5, 5.41) is 5.92.